The summed E-state index contributed by atoms with van der Waals surface area (Å²) in [5.41, 5.74) is 1.22. The van der Waals surface area contributed by atoms with Crippen LogP contribution in [0, 0.1) is 6.92 Å². The van der Waals surface area contributed by atoms with Crippen LogP contribution >= 0.6 is 0 Å². The van der Waals surface area contributed by atoms with Crippen molar-refractivity contribution in [1.82, 2.24) is 5.16 Å². The summed E-state index contributed by atoms with van der Waals surface area (Å²) in [5.74, 6) is 0.718. The molecule has 7 heteroatoms. The molecule has 126 valence electrons. The molecule has 24 heavy (non-hydrogen) atoms. The van der Waals surface area contributed by atoms with Crippen molar-refractivity contribution in [2.24, 2.45) is 0 Å². The smallest absolute Gasteiger partial charge is 0.307 e. The van der Waals surface area contributed by atoms with Gasteiger partial charge < -0.3 is 18.9 Å². The van der Waals surface area contributed by atoms with Gasteiger partial charge in [-0.25, -0.2) is 0 Å². The molecule has 0 N–H and O–H groups in total. The summed E-state index contributed by atoms with van der Waals surface area (Å²) in [4.78, 5) is 25.8. The summed E-state index contributed by atoms with van der Waals surface area (Å²) >= 11 is 0. The highest BCUT2D eigenvalue weighted by Gasteiger charge is 2.31. The zero-order valence-electron chi connectivity index (χ0n) is 13.5. The average Bonchev–Trinajstić information content (AvgIpc) is 2.99. The predicted molar refractivity (Wildman–Crippen MR) is 84.5 cm³/mol. The van der Waals surface area contributed by atoms with Gasteiger partial charge in [0, 0.05) is 12.6 Å². The van der Waals surface area contributed by atoms with Crippen molar-refractivity contribution >= 4 is 17.6 Å². The van der Waals surface area contributed by atoms with E-state index < -0.39 is 12.1 Å². The normalized spacial score (nSPS) is 16.5. The number of aryl methyl sites for hydroxylation is 1. The maximum Gasteiger partial charge on any atom is 0.307 e. The lowest BCUT2D eigenvalue weighted by Crippen LogP contribution is -2.45. The Balaban J connectivity index is 1.59. The lowest BCUT2D eigenvalue weighted by atomic mass is 10.2. The van der Waals surface area contributed by atoms with E-state index in [9.17, 15) is 9.59 Å². The molecule has 0 bridgehead atoms. The maximum absolute atomic E-state index is 12.3. The zero-order valence-corrected chi connectivity index (χ0v) is 13.5. The summed E-state index contributed by atoms with van der Waals surface area (Å²) in [6.45, 7) is 3.75. The van der Waals surface area contributed by atoms with E-state index in [4.69, 9.17) is 14.0 Å². The van der Waals surface area contributed by atoms with Crippen LogP contribution < -0.4 is 9.64 Å². The van der Waals surface area contributed by atoms with Gasteiger partial charge in [0.15, 0.2) is 6.10 Å². The van der Waals surface area contributed by atoms with Gasteiger partial charge >= 0.3 is 5.97 Å². The minimum atomic E-state index is -0.575. The molecule has 2 aromatic rings. The minimum absolute atomic E-state index is 0.0558. The van der Waals surface area contributed by atoms with Crippen molar-refractivity contribution in [2.75, 3.05) is 11.4 Å². The van der Waals surface area contributed by atoms with Gasteiger partial charge in [0.1, 0.15) is 23.8 Å². The highest BCUT2D eigenvalue weighted by atomic mass is 16.5. The van der Waals surface area contributed by atoms with Gasteiger partial charge in [-0.2, -0.15) is 0 Å². The van der Waals surface area contributed by atoms with Crippen LogP contribution in [0.15, 0.2) is 34.9 Å². The number of rotatable bonds is 5. The molecule has 1 atom stereocenters. The summed E-state index contributed by atoms with van der Waals surface area (Å²) < 4.78 is 15.6. The fraction of sp³-hybridized carbons (Fsp3) is 0.353. The standard InChI is InChI=1S/C17H18N2O5/c1-11-9-13(18-24-11)10-22-16(20)7-8-19-14-5-3-4-6-15(14)23-12(2)17(19)21/h3-6,9,12H,7-8,10H2,1-2H3/t12-/m0/s1. The molecule has 3 rings (SSSR count). The van der Waals surface area contributed by atoms with E-state index in [1.807, 2.05) is 12.1 Å². The minimum Gasteiger partial charge on any atom is -0.479 e. The fourth-order valence-corrected chi connectivity index (χ4v) is 2.51. The molecular weight excluding hydrogens is 312 g/mol. The molecule has 0 spiro atoms. The SMILES string of the molecule is Cc1cc(COC(=O)CCN2C(=O)[C@H](C)Oc3ccccc32)no1. The quantitative estimate of drug-likeness (QED) is 0.782. The maximum atomic E-state index is 12.3. The molecule has 1 aliphatic rings. The van der Waals surface area contributed by atoms with E-state index in [2.05, 4.69) is 5.16 Å². The first-order valence-electron chi connectivity index (χ1n) is 7.69. The lowest BCUT2D eigenvalue weighted by Gasteiger charge is -2.32. The fourth-order valence-electron chi connectivity index (χ4n) is 2.51. The molecule has 1 aromatic carbocycles. The third kappa shape index (κ3) is 3.40. The number of amides is 1. The van der Waals surface area contributed by atoms with Gasteiger partial charge in [-0.1, -0.05) is 17.3 Å². The number of nitrogens with zero attached hydrogens (tertiary/aromatic N) is 2. The molecule has 2 heterocycles. The first kappa shape index (κ1) is 16.0. The number of esters is 1. The van der Waals surface area contributed by atoms with Crippen LogP contribution in [0.5, 0.6) is 5.75 Å². The Bertz CT molecular complexity index is 755. The van der Waals surface area contributed by atoms with Crippen molar-refractivity contribution in [3.8, 4) is 5.75 Å². The Morgan fingerprint density at radius 1 is 1.38 bits per heavy atom. The van der Waals surface area contributed by atoms with Crippen LogP contribution in [-0.4, -0.2) is 29.7 Å². The molecule has 0 fully saturated rings. The largest absolute Gasteiger partial charge is 0.479 e. The molecule has 1 aromatic heterocycles. The van der Waals surface area contributed by atoms with Gasteiger partial charge in [-0.3, -0.25) is 9.59 Å². The van der Waals surface area contributed by atoms with Crippen LogP contribution in [0.3, 0.4) is 0 Å². The van der Waals surface area contributed by atoms with E-state index in [0.717, 1.165) is 0 Å². The van der Waals surface area contributed by atoms with E-state index in [1.165, 1.54) is 0 Å². The number of hydrogen-bond donors (Lipinski definition) is 0. The molecule has 1 amide bonds. The van der Waals surface area contributed by atoms with Crippen molar-refractivity contribution in [3.05, 3.63) is 41.8 Å². The summed E-state index contributed by atoms with van der Waals surface area (Å²) in [6, 6.07) is 8.97. The van der Waals surface area contributed by atoms with Crippen LogP contribution in [0.2, 0.25) is 0 Å². The van der Waals surface area contributed by atoms with E-state index in [0.29, 0.717) is 22.9 Å². The van der Waals surface area contributed by atoms with Crippen LogP contribution in [0.25, 0.3) is 0 Å². The van der Waals surface area contributed by atoms with E-state index in [1.54, 1.807) is 36.9 Å². The third-order valence-corrected chi connectivity index (χ3v) is 3.67. The average molecular weight is 330 g/mol. The van der Waals surface area contributed by atoms with Crippen molar-refractivity contribution in [1.29, 1.82) is 0 Å². The number of ether oxygens (including phenoxy) is 2. The number of anilines is 1. The Labute approximate surface area is 139 Å². The monoisotopic (exact) mass is 330 g/mol. The molecular formula is C17H18N2O5. The molecule has 7 nitrogen and oxygen atoms in total. The van der Waals surface area contributed by atoms with E-state index in [-0.39, 0.29) is 25.5 Å². The molecule has 0 aliphatic carbocycles. The summed E-state index contributed by atoms with van der Waals surface area (Å²) in [5, 5.41) is 3.76. The summed E-state index contributed by atoms with van der Waals surface area (Å²) in [7, 11) is 0. The van der Waals surface area contributed by atoms with Crippen LogP contribution in [0.1, 0.15) is 24.8 Å². The second-order valence-electron chi connectivity index (χ2n) is 5.56. The third-order valence-electron chi connectivity index (χ3n) is 3.67. The predicted octanol–water partition coefficient (Wildman–Crippen LogP) is 2.23. The number of fused-ring (bicyclic) bond motifs is 1. The summed E-state index contributed by atoms with van der Waals surface area (Å²) in [6.07, 6.45) is -0.488. The number of benzene rings is 1. The molecule has 0 radical (unpaired) electrons. The number of carbonyl (C=O) groups excluding carboxylic acids is 2. The Morgan fingerprint density at radius 2 is 2.17 bits per heavy atom. The van der Waals surface area contributed by atoms with Gasteiger partial charge in [0.25, 0.3) is 5.91 Å². The Morgan fingerprint density at radius 3 is 2.92 bits per heavy atom. The number of aromatic nitrogens is 1. The van der Waals surface area contributed by atoms with E-state index >= 15 is 0 Å². The molecule has 0 saturated carbocycles. The highest BCUT2D eigenvalue weighted by Crippen LogP contribution is 2.33. The number of hydrogen-bond acceptors (Lipinski definition) is 6. The first-order chi connectivity index (χ1) is 11.5. The van der Waals surface area contributed by atoms with Gasteiger partial charge in [-0.05, 0) is 26.0 Å². The van der Waals surface area contributed by atoms with Crippen LogP contribution in [0.4, 0.5) is 5.69 Å². The number of carbonyl (C=O) groups is 2. The van der Waals surface area contributed by atoms with Crippen LogP contribution in [-0.2, 0) is 20.9 Å². The highest BCUT2D eigenvalue weighted by molar-refractivity contribution is 6.00. The van der Waals surface area contributed by atoms with Crippen molar-refractivity contribution in [2.45, 2.75) is 33.0 Å². The van der Waals surface area contributed by atoms with Crippen molar-refractivity contribution in [3.63, 3.8) is 0 Å². The van der Waals surface area contributed by atoms with Gasteiger partial charge in [0.05, 0.1) is 12.1 Å². The first-order valence-corrected chi connectivity index (χ1v) is 7.69. The zero-order chi connectivity index (χ0) is 17.1. The van der Waals surface area contributed by atoms with Crippen molar-refractivity contribution < 1.29 is 23.6 Å². The Hall–Kier alpha value is -2.83. The molecule has 0 unspecified atom stereocenters. The molecule has 0 saturated heterocycles. The second-order valence-corrected chi connectivity index (χ2v) is 5.56. The van der Waals surface area contributed by atoms with Gasteiger partial charge in [-0.15, -0.1) is 0 Å². The topological polar surface area (TPSA) is 81.9 Å². The van der Waals surface area contributed by atoms with Gasteiger partial charge in [0.2, 0.25) is 0 Å². The molecule has 1 aliphatic heterocycles. The second kappa shape index (κ2) is 6.74. The lowest BCUT2D eigenvalue weighted by molar-refractivity contribution is -0.144. The Kier molecular flexibility index (Phi) is 4.50. The number of para-hydroxylation sites is 2.